The number of carbonyl (C=O) groups is 3. The van der Waals surface area contributed by atoms with Crippen molar-refractivity contribution < 1.29 is 28.7 Å². The monoisotopic (exact) mass is 395 g/mol. The lowest BCUT2D eigenvalue weighted by Gasteiger charge is -2.34. The predicted molar refractivity (Wildman–Crippen MR) is 107 cm³/mol. The summed E-state index contributed by atoms with van der Waals surface area (Å²) in [4.78, 5) is 38.1. The van der Waals surface area contributed by atoms with Crippen LogP contribution in [0.4, 0.5) is 4.79 Å². The van der Waals surface area contributed by atoms with Gasteiger partial charge in [0.05, 0.1) is 12.1 Å². The first-order valence-corrected chi connectivity index (χ1v) is 9.65. The largest absolute Gasteiger partial charge is 0.544 e. The van der Waals surface area contributed by atoms with Crippen LogP contribution in [0.25, 0.3) is 16.8 Å². The Bertz CT molecular complexity index is 1020. The molecule has 29 heavy (non-hydrogen) atoms. The van der Waals surface area contributed by atoms with Crippen molar-refractivity contribution in [3.05, 3.63) is 53.6 Å². The molecule has 6 heteroatoms. The van der Waals surface area contributed by atoms with E-state index in [1.165, 1.54) is 0 Å². The summed E-state index contributed by atoms with van der Waals surface area (Å²) in [5.41, 5.74) is 0.200. The third kappa shape index (κ3) is 3.80. The molecule has 0 N–H and O–H groups in total. The zero-order valence-corrected chi connectivity index (χ0v) is 17.1. The van der Waals surface area contributed by atoms with Crippen molar-refractivity contribution in [1.82, 2.24) is 0 Å². The fourth-order valence-corrected chi connectivity index (χ4v) is 3.78. The number of rotatable bonds is 3. The molecule has 2 atom stereocenters. The molecule has 1 fully saturated rings. The van der Waals surface area contributed by atoms with Gasteiger partial charge < -0.3 is 14.6 Å². The molecule has 1 saturated heterocycles. The van der Waals surface area contributed by atoms with E-state index in [4.69, 9.17) is 4.74 Å². The Kier molecular flexibility index (Phi) is 5.32. The molecule has 152 valence electrons. The van der Waals surface area contributed by atoms with E-state index in [1.807, 2.05) is 42.5 Å². The zero-order chi connectivity index (χ0) is 21.4. The summed E-state index contributed by atoms with van der Waals surface area (Å²) >= 11 is 0. The number of imide groups is 1. The van der Waals surface area contributed by atoms with Crippen LogP contribution in [0.2, 0.25) is 0 Å². The number of quaternary nitrogens is 1. The molecule has 0 saturated carbocycles. The fourth-order valence-electron chi connectivity index (χ4n) is 3.78. The summed E-state index contributed by atoms with van der Waals surface area (Å²) in [5.74, 6) is -1.99. The maximum Gasteiger partial charge on any atom is 0.524 e. The van der Waals surface area contributed by atoms with Gasteiger partial charge in [-0.3, -0.25) is 0 Å². The number of hydrogen-bond acceptors (Lipinski definition) is 5. The van der Waals surface area contributed by atoms with E-state index in [9.17, 15) is 19.5 Å². The number of ether oxygens (including phenoxy) is 1. The van der Waals surface area contributed by atoms with Gasteiger partial charge in [0.1, 0.15) is 11.6 Å². The molecule has 2 aromatic carbocycles. The quantitative estimate of drug-likeness (QED) is 0.589. The van der Waals surface area contributed by atoms with Gasteiger partial charge in [0.25, 0.3) is 0 Å². The fraction of sp³-hybridized carbons (Fsp3) is 0.348. The lowest BCUT2D eigenvalue weighted by Crippen LogP contribution is -2.64. The molecular weight excluding hydrogens is 370 g/mol. The Morgan fingerprint density at radius 3 is 2.41 bits per heavy atom. The van der Waals surface area contributed by atoms with E-state index in [0.29, 0.717) is 0 Å². The smallest absolute Gasteiger partial charge is 0.524 e. The number of carbonyl (C=O) groups excluding carboxylic acids is 3. The first kappa shape index (κ1) is 20.7. The molecular formula is C23H25NO5. The minimum Gasteiger partial charge on any atom is -0.544 e. The van der Waals surface area contributed by atoms with E-state index >= 15 is 0 Å². The van der Waals surface area contributed by atoms with Crippen molar-refractivity contribution in [3.63, 3.8) is 0 Å². The summed E-state index contributed by atoms with van der Waals surface area (Å²) in [5, 5.41) is 13.9. The van der Waals surface area contributed by atoms with Crippen LogP contribution in [0.5, 0.6) is 0 Å². The van der Waals surface area contributed by atoms with Crippen molar-refractivity contribution in [2.45, 2.75) is 45.8 Å². The summed E-state index contributed by atoms with van der Waals surface area (Å²) in [6.45, 7) is 6.62. The maximum absolute atomic E-state index is 13.3. The standard InChI is InChI=1S/C23H25NO5/c1-5-24(22(28)29-23(2,3)4)19(21(26)27)14-18(20(24)25)13-15-10-11-16-8-6-7-9-17(16)12-15/h6-13,19H,5,14H2,1-4H3/b18-13+/t19-,24?/m0/s1. The van der Waals surface area contributed by atoms with Crippen molar-refractivity contribution in [2.24, 2.45) is 0 Å². The number of aliphatic carboxylic acids is 1. The van der Waals surface area contributed by atoms with E-state index in [2.05, 4.69) is 0 Å². The van der Waals surface area contributed by atoms with Crippen LogP contribution in [-0.2, 0) is 14.3 Å². The molecule has 2 aromatic rings. The molecule has 3 rings (SSSR count). The summed E-state index contributed by atoms with van der Waals surface area (Å²) < 4.78 is 4.50. The van der Waals surface area contributed by atoms with E-state index < -0.39 is 34.1 Å². The summed E-state index contributed by atoms with van der Waals surface area (Å²) in [7, 11) is 0. The highest BCUT2D eigenvalue weighted by Gasteiger charge is 2.59. The van der Waals surface area contributed by atoms with Crippen LogP contribution < -0.4 is 5.11 Å². The number of carboxylic acids is 1. The number of fused-ring (bicyclic) bond motifs is 1. The van der Waals surface area contributed by atoms with Gasteiger partial charge in [-0.1, -0.05) is 36.4 Å². The second-order valence-electron chi connectivity index (χ2n) is 8.29. The average Bonchev–Trinajstić information content (AvgIpc) is 2.93. The van der Waals surface area contributed by atoms with Gasteiger partial charge in [0.15, 0.2) is 6.04 Å². The van der Waals surface area contributed by atoms with Gasteiger partial charge >= 0.3 is 12.0 Å². The predicted octanol–water partition coefficient (Wildman–Crippen LogP) is 3.04. The number of hydrogen-bond donors (Lipinski definition) is 0. The second kappa shape index (κ2) is 7.44. The van der Waals surface area contributed by atoms with Gasteiger partial charge in [-0.25, -0.2) is 4.79 Å². The molecule has 1 unspecified atom stereocenters. The first-order chi connectivity index (χ1) is 13.6. The van der Waals surface area contributed by atoms with Crippen molar-refractivity contribution in [2.75, 3.05) is 6.54 Å². The normalized spacial score (nSPS) is 23.5. The van der Waals surface area contributed by atoms with Crippen LogP contribution in [0.3, 0.4) is 0 Å². The number of nitrogens with zero attached hydrogens (tertiary/aromatic N) is 1. The molecule has 1 heterocycles. The Balaban J connectivity index is 2.05. The lowest BCUT2D eigenvalue weighted by molar-refractivity contribution is -0.792. The third-order valence-electron chi connectivity index (χ3n) is 5.19. The number of carboxylic acid groups (broad SMARTS) is 1. The first-order valence-electron chi connectivity index (χ1n) is 9.65. The lowest BCUT2D eigenvalue weighted by atomic mass is 10.0. The minimum absolute atomic E-state index is 0.0263. The maximum atomic E-state index is 13.3. The Labute approximate surface area is 170 Å². The SMILES string of the molecule is CC[N+]1(C(=O)OC(C)(C)C)C(=O)/C(=C/c2ccc3ccccc3c2)C[C@H]1C(=O)[O-]. The van der Waals surface area contributed by atoms with Crippen LogP contribution in [-0.4, -0.2) is 40.6 Å². The molecule has 0 aliphatic carbocycles. The van der Waals surface area contributed by atoms with Gasteiger partial charge in [-0.15, -0.1) is 4.48 Å². The molecule has 0 bridgehead atoms. The highest BCUT2D eigenvalue weighted by Crippen LogP contribution is 2.36. The molecule has 1 aliphatic rings. The number of likely N-dealkylation sites (N-methyl/N-ethyl adjacent to an activating group) is 1. The molecule has 0 aromatic heterocycles. The Morgan fingerprint density at radius 2 is 1.83 bits per heavy atom. The van der Waals surface area contributed by atoms with E-state index in [1.54, 1.807) is 33.8 Å². The Hall–Kier alpha value is -2.99. The molecule has 1 aliphatic heterocycles. The van der Waals surface area contributed by atoms with Crippen molar-refractivity contribution >= 4 is 34.8 Å². The van der Waals surface area contributed by atoms with Crippen LogP contribution in [0.1, 0.15) is 39.7 Å². The number of likely N-dealkylation sites (tertiary alicyclic amines) is 1. The summed E-state index contributed by atoms with van der Waals surface area (Å²) in [6, 6.07) is 12.2. The average molecular weight is 395 g/mol. The van der Waals surface area contributed by atoms with Crippen LogP contribution in [0, 0.1) is 0 Å². The number of amides is 2. The molecule has 6 nitrogen and oxygen atoms in total. The third-order valence-corrected chi connectivity index (χ3v) is 5.19. The minimum atomic E-state index is -1.44. The topological polar surface area (TPSA) is 83.5 Å². The van der Waals surface area contributed by atoms with Crippen LogP contribution >= 0.6 is 0 Å². The number of benzene rings is 2. The van der Waals surface area contributed by atoms with Crippen LogP contribution in [0.15, 0.2) is 48.0 Å². The highest BCUT2D eigenvalue weighted by atomic mass is 16.6. The second-order valence-corrected chi connectivity index (χ2v) is 8.29. The molecule has 2 amide bonds. The van der Waals surface area contributed by atoms with Gasteiger partial charge in [-0.2, -0.15) is 4.79 Å². The zero-order valence-electron chi connectivity index (χ0n) is 17.1. The Morgan fingerprint density at radius 1 is 1.17 bits per heavy atom. The van der Waals surface area contributed by atoms with E-state index in [0.717, 1.165) is 16.3 Å². The van der Waals surface area contributed by atoms with Gasteiger partial charge in [0, 0.05) is 6.42 Å². The van der Waals surface area contributed by atoms with Gasteiger partial charge in [-0.05, 0) is 56.2 Å². The van der Waals surface area contributed by atoms with Gasteiger partial charge in [0.2, 0.25) is 0 Å². The van der Waals surface area contributed by atoms with Crippen molar-refractivity contribution in [3.8, 4) is 0 Å². The van der Waals surface area contributed by atoms with Crippen molar-refractivity contribution in [1.29, 1.82) is 0 Å². The summed E-state index contributed by atoms with van der Waals surface area (Å²) in [6.07, 6.45) is 0.715. The molecule has 0 spiro atoms. The highest BCUT2D eigenvalue weighted by molar-refractivity contribution is 6.03. The molecule has 0 radical (unpaired) electrons. The van der Waals surface area contributed by atoms with E-state index in [-0.39, 0.29) is 18.5 Å².